The molecule has 0 saturated carbocycles. The summed E-state index contributed by atoms with van der Waals surface area (Å²) >= 11 is 0. The molecule has 2 aliphatic rings. The van der Waals surface area contributed by atoms with Crippen molar-refractivity contribution in [1.29, 1.82) is 0 Å². The number of fused-ring (bicyclic) bond motifs is 1. The van der Waals surface area contributed by atoms with E-state index in [2.05, 4.69) is 17.0 Å². The first-order chi connectivity index (χ1) is 14.4. The van der Waals surface area contributed by atoms with E-state index in [1.54, 1.807) is 18.2 Å². The number of nitrogen functional groups attached to an aromatic ring is 1. The molecule has 2 aliphatic heterocycles. The molecule has 0 atom stereocenters. The Balaban J connectivity index is 1.37. The number of anilines is 1. The highest BCUT2D eigenvalue weighted by Crippen LogP contribution is 2.39. The number of carbonyl (C=O) groups is 2. The summed E-state index contributed by atoms with van der Waals surface area (Å²) < 4.78 is 6.33. The number of Topliss-reactive ketones (excluding diaryl/α,β-unsaturated/α-hetero) is 1. The van der Waals surface area contributed by atoms with Crippen LogP contribution in [0.3, 0.4) is 0 Å². The third-order valence-corrected chi connectivity index (χ3v) is 6.00. The third-order valence-electron chi connectivity index (χ3n) is 6.00. The molecule has 0 aromatic heterocycles. The Kier molecular flexibility index (Phi) is 5.59. The lowest BCUT2D eigenvalue weighted by molar-refractivity contribution is -0.131. The molecule has 0 amide bonds. The Morgan fingerprint density at radius 2 is 1.90 bits per heavy atom. The maximum absolute atomic E-state index is 12.8. The molecule has 0 bridgehead atoms. The summed E-state index contributed by atoms with van der Waals surface area (Å²) in [5, 5.41) is 8.78. The Morgan fingerprint density at radius 3 is 2.60 bits per heavy atom. The summed E-state index contributed by atoms with van der Waals surface area (Å²) in [7, 11) is 0. The van der Waals surface area contributed by atoms with Crippen LogP contribution in [-0.2, 0) is 11.2 Å². The molecule has 3 N–H and O–H groups in total. The van der Waals surface area contributed by atoms with E-state index in [1.807, 2.05) is 12.1 Å². The number of hydrogen-bond donors (Lipinski definition) is 2. The summed E-state index contributed by atoms with van der Waals surface area (Å²) in [5.74, 6) is -0.344. The van der Waals surface area contributed by atoms with Crippen LogP contribution in [0.5, 0.6) is 5.75 Å². The average Bonchev–Trinajstić information content (AvgIpc) is 2.73. The van der Waals surface area contributed by atoms with Gasteiger partial charge in [-0.1, -0.05) is 18.2 Å². The minimum Gasteiger partial charge on any atom is -0.486 e. The fourth-order valence-electron chi connectivity index (χ4n) is 4.22. The van der Waals surface area contributed by atoms with E-state index in [4.69, 9.17) is 15.6 Å². The van der Waals surface area contributed by atoms with E-state index < -0.39 is 11.6 Å². The number of likely N-dealkylation sites (tertiary alicyclic amines) is 1. The lowest BCUT2D eigenvalue weighted by Gasteiger charge is -2.44. The molecule has 2 aromatic carbocycles. The second-order valence-corrected chi connectivity index (χ2v) is 8.15. The molecule has 30 heavy (non-hydrogen) atoms. The van der Waals surface area contributed by atoms with E-state index in [0.29, 0.717) is 23.3 Å². The van der Waals surface area contributed by atoms with Crippen LogP contribution in [0.4, 0.5) is 5.69 Å². The molecule has 6 heteroatoms. The van der Waals surface area contributed by atoms with Crippen molar-refractivity contribution < 1.29 is 19.4 Å². The van der Waals surface area contributed by atoms with Gasteiger partial charge in [-0.3, -0.25) is 4.79 Å². The Morgan fingerprint density at radius 1 is 1.17 bits per heavy atom. The number of benzene rings is 2. The van der Waals surface area contributed by atoms with Crippen LogP contribution in [0.15, 0.2) is 48.5 Å². The fraction of sp³-hybridized carbons (Fsp3) is 0.333. The number of hydrogen-bond acceptors (Lipinski definition) is 5. The molecule has 1 fully saturated rings. The minimum absolute atomic E-state index is 0.0668. The van der Waals surface area contributed by atoms with Gasteiger partial charge in [-0.25, -0.2) is 4.79 Å². The highest BCUT2D eigenvalue weighted by molar-refractivity contribution is 6.01. The predicted molar refractivity (Wildman–Crippen MR) is 116 cm³/mol. The molecular formula is C24H26N2O4. The van der Waals surface area contributed by atoms with Gasteiger partial charge in [-0.15, -0.1) is 0 Å². The van der Waals surface area contributed by atoms with E-state index in [-0.39, 0.29) is 5.78 Å². The zero-order chi connectivity index (χ0) is 21.1. The van der Waals surface area contributed by atoms with Crippen molar-refractivity contribution in [2.45, 2.75) is 31.3 Å². The summed E-state index contributed by atoms with van der Waals surface area (Å²) in [6.45, 7) is 2.78. The highest BCUT2D eigenvalue weighted by atomic mass is 16.5. The highest BCUT2D eigenvalue weighted by Gasteiger charge is 2.42. The number of carboxylic acid groups (broad SMARTS) is 1. The summed E-state index contributed by atoms with van der Waals surface area (Å²) in [6.07, 6.45) is 5.54. The van der Waals surface area contributed by atoms with Gasteiger partial charge in [0.25, 0.3) is 0 Å². The first kappa shape index (κ1) is 20.2. The van der Waals surface area contributed by atoms with E-state index in [1.165, 1.54) is 11.6 Å². The second kappa shape index (κ2) is 8.32. The summed E-state index contributed by atoms with van der Waals surface area (Å²) in [6, 6.07) is 13.3. The number of ketones is 1. The van der Waals surface area contributed by atoms with Gasteiger partial charge in [0.15, 0.2) is 5.78 Å². The molecule has 156 valence electrons. The largest absolute Gasteiger partial charge is 0.486 e. The van der Waals surface area contributed by atoms with Crippen LogP contribution >= 0.6 is 0 Å². The Bertz CT molecular complexity index is 973. The maximum Gasteiger partial charge on any atom is 0.328 e. The molecule has 0 aliphatic carbocycles. The van der Waals surface area contributed by atoms with Crippen LogP contribution in [-0.4, -0.2) is 47.0 Å². The van der Waals surface area contributed by atoms with Crippen LogP contribution in [0, 0.1) is 0 Å². The molecule has 0 unspecified atom stereocenters. The summed E-state index contributed by atoms with van der Waals surface area (Å²) in [4.78, 5) is 26.0. The number of carbonyl (C=O) groups excluding carboxylic acids is 1. The number of nitrogens with zero attached hydrogens (tertiary/aromatic N) is 1. The van der Waals surface area contributed by atoms with Crippen molar-refractivity contribution in [3.8, 4) is 5.75 Å². The van der Waals surface area contributed by atoms with E-state index in [0.717, 1.165) is 50.7 Å². The molecule has 1 spiro atoms. The van der Waals surface area contributed by atoms with Gasteiger partial charge in [0.2, 0.25) is 0 Å². The topological polar surface area (TPSA) is 92.9 Å². The number of nitrogens with two attached hydrogens (primary N) is 1. The number of piperidine rings is 1. The lowest BCUT2D eigenvalue weighted by Crippen LogP contribution is -2.51. The average molecular weight is 406 g/mol. The maximum atomic E-state index is 12.8. The molecule has 0 radical (unpaired) electrons. The van der Waals surface area contributed by atoms with Gasteiger partial charge in [0, 0.05) is 44.2 Å². The zero-order valence-electron chi connectivity index (χ0n) is 16.8. The third kappa shape index (κ3) is 4.54. The fourth-order valence-corrected chi connectivity index (χ4v) is 4.22. The quantitative estimate of drug-likeness (QED) is 0.584. The Hall–Kier alpha value is -3.12. The monoisotopic (exact) mass is 406 g/mol. The molecular weight excluding hydrogens is 380 g/mol. The normalized spacial score (nSPS) is 18.3. The van der Waals surface area contributed by atoms with Gasteiger partial charge in [-0.2, -0.15) is 0 Å². The van der Waals surface area contributed by atoms with Crippen molar-refractivity contribution in [3.05, 3.63) is 65.2 Å². The second-order valence-electron chi connectivity index (χ2n) is 8.15. The first-order valence-corrected chi connectivity index (χ1v) is 10.3. The van der Waals surface area contributed by atoms with Gasteiger partial charge in [0.1, 0.15) is 11.4 Å². The van der Waals surface area contributed by atoms with Crippen molar-refractivity contribution in [2.24, 2.45) is 0 Å². The van der Waals surface area contributed by atoms with Crippen LogP contribution in [0.1, 0.15) is 40.7 Å². The number of ether oxygens (including phenoxy) is 1. The van der Waals surface area contributed by atoms with E-state index in [9.17, 15) is 9.59 Å². The number of carboxylic acids is 1. The predicted octanol–water partition coefficient (Wildman–Crippen LogP) is 3.41. The van der Waals surface area contributed by atoms with Crippen molar-refractivity contribution in [2.75, 3.05) is 25.4 Å². The first-order valence-electron chi connectivity index (χ1n) is 10.3. The van der Waals surface area contributed by atoms with Gasteiger partial charge >= 0.3 is 5.97 Å². The smallest absolute Gasteiger partial charge is 0.328 e. The Labute approximate surface area is 175 Å². The zero-order valence-corrected chi connectivity index (χ0v) is 16.8. The molecule has 4 rings (SSSR count). The van der Waals surface area contributed by atoms with Gasteiger partial charge < -0.3 is 20.5 Å². The molecule has 2 heterocycles. The van der Waals surface area contributed by atoms with Crippen molar-refractivity contribution in [1.82, 2.24) is 4.90 Å². The van der Waals surface area contributed by atoms with Crippen molar-refractivity contribution >= 4 is 23.5 Å². The van der Waals surface area contributed by atoms with Crippen molar-refractivity contribution in [3.63, 3.8) is 0 Å². The molecule has 6 nitrogen and oxygen atoms in total. The van der Waals surface area contributed by atoms with E-state index >= 15 is 0 Å². The molecule has 2 aromatic rings. The SMILES string of the molecule is Nc1ccc(CCN2CCC3(CC2)CC(=O)c2cc(C=CC(=O)O)ccc2O3)cc1. The van der Waals surface area contributed by atoms with Gasteiger partial charge in [-0.05, 0) is 47.9 Å². The number of aliphatic carboxylic acids is 1. The molecule has 1 saturated heterocycles. The summed E-state index contributed by atoms with van der Waals surface area (Å²) in [5.41, 5.74) is 8.59. The van der Waals surface area contributed by atoms with Crippen LogP contribution in [0.2, 0.25) is 0 Å². The van der Waals surface area contributed by atoms with Gasteiger partial charge in [0.05, 0.1) is 12.0 Å². The standard InChI is InChI=1S/C24H26N2O4/c25-19-5-1-17(2-6-19)9-12-26-13-10-24(11-14-26)16-21(27)20-15-18(4-8-23(28)29)3-7-22(20)30-24/h1-8,15H,9-14,16,25H2,(H,28,29). The lowest BCUT2D eigenvalue weighted by atomic mass is 9.82. The van der Waals surface area contributed by atoms with Crippen LogP contribution < -0.4 is 10.5 Å². The number of rotatable bonds is 5. The van der Waals surface area contributed by atoms with Crippen LogP contribution in [0.25, 0.3) is 6.08 Å². The minimum atomic E-state index is -1.02.